The van der Waals surface area contributed by atoms with Gasteiger partial charge in [0.2, 0.25) is 0 Å². The number of anilines is 1. The number of nitrogens with zero attached hydrogens (tertiary/aromatic N) is 1. The number of hydrogen-bond donors (Lipinski definition) is 2. The van der Waals surface area contributed by atoms with Crippen LogP contribution >= 0.6 is 0 Å². The lowest BCUT2D eigenvalue weighted by atomic mass is 9.86. The second-order valence-corrected chi connectivity index (χ2v) is 4.92. The third-order valence-corrected chi connectivity index (χ3v) is 3.83. The van der Waals surface area contributed by atoms with Crippen molar-refractivity contribution < 1.29 is 19.1 Å². The molecule has 6 heteroatoms. The molecule has 0 bridgehead atoms. The average molecular weight is 268 g/mol. The van der Waals surface area contributed by atoms with Crippen molar-refractivity contribution in [2.75, 3.05) is 11.9 Å². The Labute approximate surface area is 112 Å². The molecule has 1 aromatic heterocycles. The number of ether oxygens (including phenoxy) is 1. The number of nitrogens with one attached hydrogen (secondary N) is 1. The molecule has 1 aromatic rings. The highest BCUT2D eigenvalue weighted by molar-refractivity contribution is 5.85. The summed E-state index contributed by atoms with van der Waals surface area (Å²) in [6.07, 6.45) is 4.83. The van der Waals surface area contributed by atoms with E-state index in [1.54, 1.807) is 0 Å². The van der Waals surface area contributed by atoms with Crippen molar-refractivity contribution in [3.8, 4) is 0 Å². The van der Waals surface area contributed by atoms with Gasteiger partial charge in [-0.2, -0.15) is 4.98 Å². The zero-order valence-corrected chi connectivity index (χ0v) is 11.3. The summed E-state index contributed by atoms with van der Waals surface area (Å²) in [6.45, 7) is 4.95. The van der Waals surface area contributed by atoms with Crippen LogP contribution in [0.5, 0.6) is 0 Å². The topological polar surface area (TPSA) is 84.6 Å². The second-order valence-electron chi connectivity index (χ2n) is 4.92. The van der Waals surface area contributed by atoms with Crippen LogP contribution in [0.1, 0.15) is 50.0 Å². The molecule has 0 aliphatic carbocycles. The number of rotatable bonds is 5. The van der Waals surface area contributed by atoms with E-state index in [4.69, 9.17) is 14.3 Å². The molecule has 1 fully saturated rings. The SMILES string of the molecule is CCC1(CC)CC(Nc2nc(C(=O)O)co2)CCO1. The Hall–Kier alpha value is -1.56. The van der Waals surface area contributed by atoms with Crippen LogP contribution in [0.25, 0.3) is 0 Å². The Morgan fingerprint density at radius 2 is 2.32 bits per heavy atom. The predicted molar refractivity (Wildman–Crippen MR) is 69.4 cm³/mol. The van der Waals surface area contributed by atoms with Crippen LogP contribution in [-0.4, -0.2) is 34.3 Å². The Bertz CT molecular complexity index is 440. The Kier molecular flexibility index (Phi) is 4.09. The number of aromatic carboxylic acids is 1. The van der Waals surface area contributed by atoms with Crippen LogP contribution in [-0.2, 0) is 4.74 Å². The summed E-state index contributed by atoms with van der Waals surface area (Å²) in [6, 6.07) is 0.472. The molecule has 0 amide bonds. The minimum absolute atomic E-state index is 0.0770. The number of carboxylic acids is 1. The first-order valence-electron chi connectivity index (χ1n) is 6.68. The van der Waals surface area contributed by atoms with E-state index in [1.165, 1.54) is 0 Å². The molecule has 1 aliphatic heterocycles. The van der Waals surface area contributed by atoms with E-state index in [9.17, 15) is 4.79 Å². The molecular weight excluding hydrogens is 248 g/mol. The lowest BCUT2D eigenvalue weighted by Crippen LogP contribution is -2.43. The average Bonchev–Trinajstić information content (AvgIpc) is 2.87. The van der Waals surface area contributed by atoms with Gasteiger partial charge in [-0.3, -0.25) is 0 Å². The fraction of sp³-hybridized carbons (Fsp3) is 0.692. The predicted octanol–water partition coefficient (Wildman–Crippen LogP) is 2.52. The molecule has 1 aliphatic rings. The number of carboxylic acid groups (broad SMARTS) is 1. The molecule has 1 atom stereocenters. The summed E-state index contributed by atoms with van der Waals surface area (Å²) in [7, 11) is 0. The molecule has 2 rings (SSSR count). The summed E-state index contributed by atoms with van der Waals surface area (Å²) in [4.78, 5) is 14.6. The normalized spacial score (nSPS) is 22.1. The maximum absolute atomic E-state index is 10.7. The summed E-state index contributed by atoms with van der Waals surface area (Å²) >= 11 is 0. The van der Waals surface area contributed by atoms with E-state index < -0.39 is 5.97 Å². The molecule has 0 radical (unpaired) electrons. The van der Waals surface area contributed by atoms with Crippen LogP contribution < -0.4 is 5.32 Å². The van der Waals surface area contributed by atoms with E-state index in [0.29, 0.717) is 6.61 Å². The summed E-state index contributed by atoms with van der Waals surface area (Å²) in [5, 5.41) is 12.0. The Balaban J connectivity index is 2.00. The number of aromatic nitrogens is 1. The zero-order valence-electron chi connectivity index (χ0n) is 11.3. The molecule has 2 N–H and O–H groups in total. The molecule has 1 unspecified atom stereocenters. The van der Waals surface area contributed by atoms with Gasteiger partial charge in [0.15, 0.2) is 5.69 Å². The van der Waals surface area contributed by atoms with E-state index >= 15 is 0 Å². The van der Waals surface area contributed by atoms with Crippen molar-refractivity contribution in [1.82, 2.24) is 4.98 Å². The lowest BCUT2D eigenvalue weighted by molar-refractivity contribution is -0.0866. The van der Waals surface area contributed by atoms with E-state index in [-0.39, 0.29) is 23.4 Å². The highest BCUT2D eigenvalue weighted by Gasteiger charge is 2.34. The maximum atomic E-state index is 10.7. The van der Waals surface area contributed by atoms with Crippen molar-refractivity contribution in [3.05, 3.63) is 12.0 Å². The van der Waals surface area contributed by atoms with Crippen molar-refractivity contribution >= 4 is 12.0 Å². The van der Waals surface area contributed by atoms with Gasteiger partial charge >= 0.3 is 5.97 Å². The molecular formula is C13H20N2O4. The first-order chi connectivity index (χ1) is 9.08. The van der Waals surface area contributed by atoms with Gasteiger partial charge in [0.1, 0.15) is 6.26 Å². The summed E-state index contributed by atoms with van der Waals surface area (Å²) < 4.78 is 11.0. The van der Waals surface area contributed by atoms with Crippen molar-refractivity contribution in [2.45, 2.75) is 51.2 Å². The monoisotopic (exact) mass is 268 g/mol. The molecule has 0 aromatic carbocycles. The minimum Gasteiger partial charge on any atom is -0.476 e. The maximum Gasteiger partial charge on any atom is 0.357 e. The number of hydrogen-bond acceptors (Lipinski definition) is 5. The Morgan fingerprint density at radius 1 is 1.58 bits per heavy atom. The third-order valence-electron chi connectivity index (χ3n) is 3.83. The highest BCUT2D eigenvalue weighted by Crippen LogP contribution is 2.32. The van der Waals surface area contributed by atoms with Gasteiger partial charge in [-0.15, -0.1) is 0 Å². The number of oxazole rings is 1. The van der Waals surface area contributed by atoms with Gasteiger partial charge in [0, 0.05) is 12.6 Å². The molecule has 1 saturated heterocycles. The standard InChI is InChI=1S/C13H20N2O4/c1-3-13(4-2)7-9(5-6-19-13)14-12-15-10(8-18-12)11(16)17/h8-9H,3-7H2,1-2H3,(H,14,15)(H,16,17). The lowest BCUT2D eigenvalue weighted by Gasteiger charge is -2.40. The van der Waals surface area contributed by atoms with Crippen molar-refractivity contribution in [1.29, 1.82) is 0 Å². The first-order valence-corrected chi connectivity index (χ1v) is 6.68. The first kappa shape index (κ1) is 13.9. The fourth-order valence-electron chi connectivity index (χ4n) is 2.51. The van der Waals surface area contributed by atoms with Crippen LogP contribution in [0.15, 0.2) is 10.7 Å². The van der Waals surface area contributed by atoms with Gasteiger partial charge < -0.3 is 19.6 Å². The minimum atomic E-state index is -1.08. The Morgan fingerprint density at radius 3 is 2.89 bits per heavy atom. The third kappa shape index (κ3) is 3.07. The van der Waals surface area contributed by atoms with Crippen LogP contribution in [0.3, 0.4) is 0 Å². The molecule has 0 saturated carbocycles. The van der Waals surface area contributed by atoms with E-state index in [1.807, 2.05) is 0 Å². The van der Waals surface area contributed by atoms with E-state index in [2.05, 4.69) is 24.1 Å². The van der Waals surface area contributed by atoms with Gasteiger partial charge in [0.05, 0.1) is 5.60 Å². The molecule has 19 heavy (non-hydrogen) atoms. The summed E-state index contributed by atoms with van der Waals surface area (Å²) in [5.74, 6) is -1.08. The molecule has 0 spiro atoms. The van der Waals surface area contributed by atoms with Gasteiger partial charge in [-0.25, -0.2) is 4.79 Å². The van der Waals surface area contributed by atoms with E-state index in [0.717, 1.165) is 31.9 Å². The molecule has 2 heterocycles. The smallest absolute Gasteiger partial charge is 0.357 e. The largest absolute Gasteiger partial charge is 0.476 e. The van der Waals surface area contributed by atoms with Gasteiger partial charge in [-0.05, 0) is 25.7 Å². The molecule has 6 nitrogen and oxygen atoms in total. The van der Waals surface area contributed by atoms with Crippen LogP contribution in [0.4, 0.5) is 6.01 Å². The van der Waals surface area contributed by atoms with Crippen LogP contribution in [0, 0.1) is 0 Å². The zero-order chi connectivity index (χ0) is 13.9. The highest BCUT2D eigenvalue weighted by atomic mass is 16.5. The number of carbonyl (C=O) groups is 1. The van der Waals surface area contributed by atoms with Crippen molar-refractivity contribution in [2.24, 2.45) is 0 Å². The summed E-state index contributed by atoms with van der Waals surface area (Å²) in [5.41, 5.74) is -0.162. The molecule has 106 valence electrons. The fourth-order valence-corrected chi connectivity index (χ4v) is 2.51. The second kappa shape index (κ2) is 5.61. The van der Waals surface area contributed by atoms with Gasteiger partial charge in [-0.1, -0.05) is 13.8 Å². The van der Waals surface area contributed by atoms with Gasteiger partial charge in [0.25, 0.3) is 6.01 Å². The van der Waals surface area contributed by atoms with Crippen molar-refractivity contribution in [3.63, 3.8) is 0 Å². The quantitative estimate of drug-likeness (QED) is 0.853. The van der Waals surface area contributed by atoms with Crippen LogP contribution in [0.2, 0.25) is 0 Å².